The van der Waals surface area contributed by atoms with Gasteiger partial charge in [0.05, 0.1) is 26.4 Å². The fraction of sp³-hybridized carbons (Fsp3) is 0.792. The molecule has 0 unspecified atom stereocenters. The zero-order valence-corrected chi connectivity index (χ0v) is 22.8. The van der Waals surface area contributed by atoms with Crippen LogP contribution in [-0.4, -0.2) is 34.9 Å². The molecule has 2 aliphatic carbocycles. The third-order valence-corrected chi connectivity index (χ3v) is 19.0. The van der Waals surface area contributed by atoms with Crippen LogP contribution in [0.4, 0.5) is 0 Å². The first kappa shape index (κ1) is 24.6. The molecular weight excluding hydrogens is 392 g/mol. The highest BCUT2D eigenvalue weighted by Crippen LogP contribution is 2.59. The predicted molar refractivity (Wildman–Crippen MR) is 129 cm³/mol. The molecule has 0 amide bonds. The lowest BCUT2D eigenvalue weighted by molar-refractivity contribution is -0.115. The number of ether oxygens (including phenoxy) is 1. The molecule has 2 rings (SSSR count). The standard InChI is InChI=1S/C24H44O3Si2/c1-13-26-16(2)20-18(25)14-17-15-19(28(9,10)23(3,4)5)22(21(17)20)27-29(11,12)24(6,7)8/h17,19,22H,2,13-15H2,1,3-12H3/t17-,19+,22-/m0/s1. The van der Waals surface area contributed by atoms with Gasteiger partial charge in [-0.05, 0) is 53.5 Å². The third-order valence-electron chi connectivity index (χ3n) is 8.33. The van der Waals surface area contributed by atoms with Crippen molar-refractivity contribution >= 4 is 22.2 Å². The monoisotopic (exact) mass is 436 g/mol. The van der Waals surface area contributed by atoms with Gasteiger partial charge in [0.25, 0.3) is 0 Å². The summed E-state index contributed by atoms with van der Waals surface area (Å²) in [6.07, 6.45) is 1.69. The Morgan fingerprint density at radius 2 is 1.62 bits per heavy atom. The summed E-state index contributed by atoms with van der Waals surface area (Å²) in [5.74, 6) is 1.04. The molecule has 0 aromatic carbocycles. The van der Waals surface area contributed by atoms with Gasteiger partial charge in [0, 0.05) is 6.42 Å². The van der Waals surface area contributed by atoms with Crippen LogP contribution in [0, 0.1) is 5.92 Å². The number of hydrogen-bond acceptors (Lipinski definition) is 3. The van der Waals surface area contributed by atoms with Crippen molar-refractivity contribution in [1.82, 2.24) is 0 Å². The van der Waals surface area contributed by atoms with Crippen LogP contribution in [0.25, 0.3) is 0 Å². The summed E-state index contributed by atoms with van der Waals surface area (Å²) in [4.78, 5) is 12.9. The van der Waals surface area contributed by atoms with E-state index in [1.54, 1.807) is 0 Å². The minimum absolute atomic E-state index is 0.0282. The smallest absolute Gasteiger partial charge is 0.192 e. The summed E-state index contributed by atoms with van der Waals surface area (Å²) in [5.41, 5.74) is 2.48. The molecule has 3 nitrogen and oxygen atoms in total. The maximum Gasteiger partial charge on any atom is 0.192 e. The summed E-state index contributed by atoms with van der Waals surface area (Å²) in [6, 6.07) is 0. The molecular formula is C24H44O3Si2. The van der Waals surface area contributed by atoms with E-state index < -0.39 is 16.4 Å². The van der Waals surface area contributed by atoms with E-state index in [0.29, 0.717) is 30.2 Å². The number of carbonyl (C=O) groups excluding carboxylic acids is 1. The molecule has 5 heteroatoms. The lowest BCUT2D eigenvalue weighted by atomic mass is 10.0. The van der Waals surface area contributed by atoms with E-state index in [2.05, 4.69) is 74.3 Å². The number of ketones is 1. The Morgan fingerprint density at radius 1 is 1.07 bits per heavy atom. The molecule has 0 aromatic heterocycles. The van der Waals surface area contributed by atoms with E-state index in [1.807, 2.05) is 6.92 Å². The van der Waals surface area contributed by atoms with Crippen LogP contribution in [0.1, 0.15) is 61.3 Å². The van der Waals surface area contributed by atoms with E-state index in [-0.39, 0.29) is 22.0 Å². The first-order chi connectivity index (χ1) is 13.0. The molecule has 0 heterocycles. The van der Waals surface area contributed by atoms with E-state index in [0.717, 1.165) is 12.0 Å². The van der Waals surface area contributed by atoms with E-state index in [1.165, 1.54) is 5.57 Å². The second-order valence-electron chi connectivity index (χ2n) is 12.1. The molecule has 0 aliphatic heterocycles. The van der Waals surface area contributed by atoms with E-state index >= 15 is 0 Å². The minimum atomic E-state index is -2.01. The van der Waals surface area contributed by atoms with Crippen molar-refractivity contribution in [2.75, 3.05) is 6.61 Å². The van der Waals surface area contributed by atoms with Crippen LogP contribution in [0.5, 0.6) is 0 Å². The van der Waals surface area contributed by atoms with Gasteiger partial charge in [0.1, 0.15) is 5.76 Å². The Labute approximate surface area is 181 Å². The van der Waals surface area contributed by atoms with Crippen molar-refractivity contribution in [1.29, 1.82) is 0 Å². The quantitative estimate of drug-likeness (QED) is 0.329. The van der Waals surface area contributed by atoms with Gasteiger partial charge in [-0.25, -0.2) is 0 Å². The maximum absolute atomic E-state index is 12.9. The summed E-state index contributed by atoms with van der Waals surface area (Å²) in [5, 5.41) is 0.399. The molecule has 0 bridgehead atoms. The van der Waals surface area contributed by atoms with Crippen LogP contribution < -0.4 is 0 Å². The average molecular weight is 437 g/mol. The van der Waals surface area contributed by atoms with Gasteiger partial charge in [0.15, 0.2) is 14.1 Å². The van der Waals surface area contributed by atoms with Crippen LogP contribution in [0.15, 0.2) is 23.5 Å². The van der Waals surface area contributed by atoms with Gasteiger partial charge >= 0.3 is 0 Å². The Hall–Kier alpha value is -0.656. The number of hydrogen-bond donors (Lipinski definition) is 0. The average Bonchev–Trinajstić information content (AvgIpc) is 3.00. The lowest BCUT2D eigenvalue weighted by Crippen LogP contribution is -2.50. The second-order valence-corrected chi connectivity index (χ2v) is 22.6. The Bertz CT molecular complexity index is 705. The number of allylic oxidation sites excluding steroid dienone is 1. The topological polar surface area (TPSA) is 35.5 Å². The van der Waals surface area contributed by atoms with Crippen molar-refractivity contribution in [3.63, 3.8) is 0 Å². The number of Topliss-reactive ketones (excluding diaryl/α,β-unsaturated/α-hetero) is 1. The Balaban J connectivity index is 2.62. The van der Waals surface area contributed by atoms with E-state index in [4.69, 9.17) is 9.16 Å². The molecule has 1 saturated carbocycles. The van der Waals surface area contributed by atoms with Gasteiger partial charge in [-0.15, -0.1) is 0 Å². The highest BCUT2D eigenvalue weighted by Gasteiger charge is 2.57. The van der Waals surface area contributed by atoms with Crippen molar-refractivity contribution in [2.24, 2.45) is 5.92 Å². The Kier molecular flexibility index (Phi) is 6.61. The fourth-order valence-electron chi connectivity index (χ4n) is 4.46. The van der Waals surface area contributed by atoms with Crippen molar-refractivity contribution in [3.05, 3.63) is 23.5 Å². The third kappa shape index (κ3) is 4.38. The summed E-state index contributed by atoms with van der Waals surface area (Å²) >= 11 is 0. The molecule has 0 N–H and O–H groups in total. The molecule has 0 aromatic rings. The molecule has 29 heavy (non-hydrogen) atoms. The predicted octanol–water partition coefficient (Wildman–Crippen LogP) is 7.10. The number of rotatable bonds is 6. The lowest BCUT2D eigenvalue weighted by Gasteiger charge is -2.47. The minimum Gasteiger partial charge on any atom is -0.494 e. The molecule has 3 atom stereocenters. The highest BCUT2D eigenvalue weighted by molar-refractivity contribution is 6.82. The van der Waals surface area contributed by atoms with E-state index in [9.17, 15) is 4.79 Å². The molecule has 0 spiro atoms. The normalized spacial score (nSPS) is 26.2. The first-order valence-electron chi connectivity index (χ1n) is 11.2. The summed E-state index contributed by atoms with van der Waals surface area (Å²) in [6.45, 7) is 30.3. The molecule has 0 radical (unpaired) electrons. The SMILES string of the molecule is C=C(OCC)C1=C2[C@@H](CC1=O)C[C@@H]([Si](C)(C)C(C)(C)C)[C@@H]2O[Si](C)(C)C(C)(C)C. The van der Waals surface area contributed by atoms with Gasteiger partial charge < -0.3 is 9.16 Å². The van der Waals surface area contributed by atoms with Crippen molar-refractivity contribution in [3.8, 4) is 0 Å². The molecule has 1 fully saturated rings. The largest absolute Gasteiger partial charge is 0.494 e. The number of fused-ring (bicyclic) bond motifs is 1. The van der Waals surface area contributed by atoms with Crippen LogP contribution in [0.3, 0.4) is 0 Å². The van der Waals surface area contributed by atoms with Crippen LogP contribution in [-0.2, 0) is 14.0 Å². The summed E-state index contributed by atoms with van der Waals surface area (Å²) in [7, 11) is -3.69. The van der Waals surface area contributed by atoms with Gasteiger partial charge in [0.2, 0.25) is 0 Å². The Morgan fingerprint density at radius 3 is 2.07 bits per heavy atom. The first-order valence-corrected chi connectivity index (χ1v) is 17.2. The summed E-state index contributed by atoms with van der Waals surface area (Å²) < 4.78 is 12.9. The zero-order valence-electron chi connectivity index (χ0n) is 20.8. The van der Waals surface area contributed by atoms with Gasteiger partial charge in [-0.3, -0.25) is 4.79 Å². The number of carbonyl (C=O) groups is 1. The van der Waals surface area contributed by atoms with Gasteiger partial charge in [-0.2, -0.15) is 0 Å². The molecule has 2 aliphatic rings. The second kappa shape index (κ2) is 7.79. The zero-order chi connectivity index (χ0) is 22.6. The molecule has 0 saturated heterocycles. The maximum atomic E-state index is 12.9. The van der Waals surface area contributed by atoms with Crippen LogP contribution in [0.2, 0.25) is 41.8 Å². The van der Waals surface area contributed by atoms with Crippen molar-refractivity contribution < 1.29 is 14.0 Å². The molecule has 166 valence electrons. The van der Waals surface area contributed by atoms with Gasteiger partial charge in [-0.1, -0.05) is 61.2 Å². The fourth-order valence-corrected chi connectivity index (χ4v) is 8.87. The van der Waals surface area contributed by atoms with Crippen LogP contribution >= 0.6 is 0 Å². The van der Waals surface area contributed by atoms with Crippen molar-refractivity contribution in [2.45, 2.75) is 109 Å². The highest BCUT2D eigenvalue weighted by atomic mass is 28.4.